The fourth-order valence-corrected chi connectivity index (χ4v) is 1.68. The summed E-state index contributed by atoms with van der Waals surface area (Å²) in [4.78, 5) is 0. The zero-order chi connectivity index (χ0) is 11.9. The van der Waals surface area contributed by atoms with Crippen molar-refractivity contribution in [2.75, 3.05) is 0 Å². The van der Waals surface area contributed by atoms with Crippen molar-refractivity contribution < 1.29 is 17.9 Å². The second-order valence-electron chi connectivity index (χ2n) is 3.53. The topological polar surface area (TPSA) is 37.9 Å². The van der Waals surface area contributed by atoms with Crippen LogP contribution in [0.3, 0.4) is 0 Å². The molecule has 0 aliphatic heterocycles. The second-order valence-corrected chi connectivity index (χ2v) is 3.53. The Labute approximate surface area is 89.2 Å². The Bertz CT molecular complexity index is 531. The van der Waals surface area contributed by atoms with Gasteiger partial charge in [0.15, 0.2) is 0 Å². The van der Waals surface area contributed by atoms with Crippen molar-refractivity contribution in [3.8, 4) is 5.75 Å². The molecule has 2 aromatic rings. The zero-order valence-electron chi connectivity index (χ0n) is 8.64. The summed E-state index contributed by atoms with van der Waals surface area (Å²) in [5.74, 6) is -0.151. The van der Waals surface area contributed by atoms with Crippen LogP contribution in [0.2, 0.25) is 0 Å². The molecule has 0 bridgehead atoms. The standard InChI is InChI=1S/C10H9F3N2O/c1-5-3-8-7(4-14-15-8)6(2)9(5)16-10(11,12)13/h3-4H,1-2H3,(H,14,15). The number of alkyl halides is 3. The molecule has 3 nitrogen and oxygen atoms in total. The molecule has 0 radical (unpaired) electrons. The number of rotatable bonds is 1. The molecular formula is C10H9F3N2O. The first-order valence-electron chi connectivity index (χ1n) is 4.57. The number of aromatic amines is 1. The maximum atomic E-state index is 12.2. The average Bonchev–Trinajstić information content (AvgIpc) is 2.58. The van der Waals surface area contributed by atoms with Crippen LogP contribution in [0.25, 0.3) is 10.9 Å². The number of hydrogen-bond acceptors (Lipinski definition) is 2. The molecule has 0 fully saturated rings. The smallest absolute Gasteiger partial charge is 0.405 e. The van der Waals surface area contributed by atoms with Gasteiger partial charge in [-0.15, -0.1) is 13.2 Å². The molecule has 0 saturated heterocycles. The molecule has 1 heterocycles. The van der Waals surface area contributed by atoms with Crippen LogP contribution in [-0.2, 0) is 0 Å². The Morgan fingerprint density at radius 1 is 1.31 bits per heavy atom. The first-order chi connectivity index (χ1) is 7.38. The third kappa shape index (κ3) is 1.82. The van der Waals surface area contributed by atoms with E-state index in [0.29, 0.717) is 22.0 Å². The number of aromatic nitrogens is 2. The van der Waals surface area contributed by atoms with E-state index < -0.39 is 6.36 Å². The van der Waals surface area contributed by atoms with Gasteiger partial charge in [0.05, 0.1) is 11.7 Å². The van der Waals surface area contributed by atoms with Crippen LogP contribution in [0.5, 0.6) is 5.75 Å². The van der Waals surface area contributed by atoms with Gasteiger partial charge in [-0.1, -0.05) is 0 Å². The van der Waals surface area contributed by atoms with Crippen molar-refractivity contribution in [1.82, 2.24) is 10.2 Å². The highest BCUT2D eigenvalue weighted by Gasteiger charge is 2.32. The van der Waals surface area contributed by atoms with Gasteiger partial charge in [0.2, 0.25) is 0 Å². The lowest BCUT2D eigenvalue weighted by Gasteiger charge is -2.14. The van der Waals surface area contributed by atoms with Gasteiger partial charge >= 0.3 is 6.36 Å². The molecular weight excluding hydrogens is 221 g/mol. The molecule has 86 valence electrons. The molecule has 0 spiro atoms. The average molecular weight is 230 g/mol. The van der Waals surface area contributed by atoms with Crippen molar-refractivity contribution >= 4 is 10.9 Å². The van der Waals surface area contributed by atoms with E-state index in [9.17, 15) is 13.2 Å². The van der Waals surface area contributed by atoms with E-state index in [2.05, 4.69) is 14.9 Å². The second kappa shape index (κ2) is 3.40. The van der Waals surface area contributed by atoms with Gasteiger partial charge in [-0.2, -0.15) is 5.10 Å². The van der Waals surface area contributed by atoms with Crippen LogP contribution >= 0.6 is 0 Å². The van der Waals surface area contributed by atoms with E-state index in [0.717, 1.165) is 0 Å². The summed E-state index contributed by atoms with van der Waals surface area (Å²) in [6.07, 6.45) is -3.19. The zero-order valence-corrected chi connectivity index (χ0v) is 8.64. The van der Waals surface area contributed by atoms with Gasteiger partial charge in [0.25, 0.3) is 0 Å². The summed E-state index contributed by atoms with van der Waals surface area (Å²) in [6.45, 7) is 3.14. The van der Waals surface area contributed by atoms with E-state index in [-0.39, 0.29) is 5.75 Å². The van der Waals surface area contributed by atoms with Gasteiger partial charge in [0, 0.05) is 10.9 Å². The summed E-state index contributed by atoms with van der Waals surface area (Å²) in [5.41, 5.74) is 1.55. The number of benzene rings is 1. The van der Waals surface area contributed by atoms with Crippen LogP contribution in [0.1, 0.15) is 11.1 Å². The van der Waals surface area contributed by atoms with Crippen LogP contribution < -0.4 is 4.74 Å². The first-order valence-corrected chi connectivity index (χ1v) is 4.57. The minimum atomic E-state index is -4.67. The Morgan fingerprint density at radius 3 is 2.62 bits per heavy atom. The van der Waals surface area contributed by atoms with Crippen LogP contribution in [0.15, 0.2) is 12.3 Å². The highest BCUT2D eigenvalue weighted by atomic mass is 19.4. The molecule has 16 heavy (non-hydrogen) atoms. The Kier molecular flexibility index (Phi) is 2.29. The summed E-state index contributed by atoms with van der Waals surface area (Å²) < 4.78 is 40.5. The van der Waals surface area contributed by atoms with Crippen molar-refractivity contribution in [2.24, 2.45) is 0 Å². The minimum absolute atomic E-state index is 0.151. The maximum absolute atomic E-state index is 12.2. The van der Waals surface area contributed by atoms with Crippen molar-refractivity contribution in [3.05, 3.63) is 23.4 Å². The van der Waals surface area contributed by atoms with Crippen LogP contribution in [-0.4, -0.2) is 16.6 Å². The summed E-state index contributed by atoms with van der Waals surface area (Å²) in [5, 5.41) is 7.11. The third-order valence-electron chi connectivity index (χ3n) is 2.35. The summed E-state index contributed by atoms with van der Waals surface area (Å²) >= 11 is 0. The normalized spacial score (nSPS) is 12.1. The SMILES string of the molecule is Cc1cc2[nH]ncc2c(C)c1OC(F)(F)F. The summed E-state index contributed by atoms with van der Waals surface area (Å²) in [7, 11) is 0. The van der Waals surface area contributed by atoms with E-state index in [1.165, 1.54) is 6.20 Å². The van der Waals surface area contributed by atoms with Gasteiger partial charge in [-0.3, -0.25) is 5.10 Å². The molecule has 1 N–H and O–H groups in total. The quantitative estimate of drug-likeness (QED) is 0.817. The molecule has 0 atom stereocenters. The fraction of sp³-hybridized carbons (Fsp3) is 0.300. The molecule has 0 aliphatic carbocycles. The van der Waals surface area contributed by atoms with Crippen LogP contribution in [0.4, 0.5) is 13.2 Å². The predicted octanol–water partition coefficient (Wildman–Crippen LogP) is 3.08. The molecule has 0 saturated carbocycles. The van der Waals surface area contributed by atoms with E-state index in [1.54, 1.807) is 19.9 Å². The fourth-order valence-electron chi connectivity index (χ4n) is 1.68. The highest BCUT2D eigenvalue weighted by Crippen LogP contribution is 2.33. The lowest BCUT2D eigenvalue weighted by molar-refractivity contribution is -0.275. The Hall–Kier alpha value is -1.72. The number of halogens is 3. The van der Waals surface area contributed by atoms with Crippen molar-refractivity contribution in [1.29, 1.82) is 0 Å². The monoisotopic (exact) mass is 230 g/mol. The highest BCUT2D eigenvalue weighted by molar-refractivity contribution is 5.85. The first kappa shape index (κ1) is 10.8. The Morgan fingerprint density at radius 2 is 2.00 bits per heavy atom. The van der Waals surface area contributed by atoms with Crippen LogP contribution in [0, 0.1) is 13.8 Å². The van der Waals surface area contributed by atoms with Crippen molar-refractivity contribution in [2.45, 2.75) is 20.2 Å². The van der Waals surface area contributed by atoms with Crippen molar-refractivity contribution in [3.63, 3.8) is 0 Å². The van der Waals surface area contributed by atoms with Gasteiger partial charge in [0.1, 0.15) is 5.75 Å². The molecule has 0 unspecified atom stereocenters. The Balaban J connectivity index is 2.59. The van der Waals surface area contributed by atoms with Gasteiger partial charge in [-0.25, -0.2) is 0 Å². The lowest BCUT2D eigenvalue weighted by Crippen LogP contribution is -2.18. The van der Waals surface area contributed by atoms with E-state index in [1.807, 2.05) is 0 Å². The number of aryl methyl sites for hydroxylation is 2. The van der Waals surface area contributed by atoms with E-state index >= 15 is 0 Å². The number of hydrogen-bond donors (Lipinski definition) is 1. The minimum Gasteiger partial charge on any atom is -0.405 e. The molecule has 6 heteroatoms. The number of H-pyrrole nitrogens is 1. The molecule has 2 rings (SSSR count). The lowest BCUT2D eigenvalue weighted by atomic mass is 10.1. The van der Waals surface area contributed by atoms with Gasteiger partial charge in [-0.05, 0) is 25.5 Å². The third-order valence-corrected chi connectivity index (χ3v) is 2.35. The largest absolute Gasteiger partial charge is 0.573 e. The number of ether oxygens (including phenoxy) is 1. The summed E-state index contributed by atoms with van der Waals surface area (Å²) in [6, 6.07) is 1.58. The molecule has 1 aromatic carbocycles. The van der Waals surface area contributed by atoms with E-state index in [4.69, 9.17) is 0 Å². The predicted molar refractivity (Wildman–Crippen MR) is 52.3 cm³/mol. The number of fused-ring (bicyclic) bond motifs is 1. The number of nitrogens with zero attached hydrogens (tertiary/aromatic N) is 1. The molecule has 0 aliphatic rings. The molecule has 0 amide bonds. The molecule has 1 aromatic heterocycles. The number of nitrogens with one attached hydrogen (secondary N) is 1. The van der Waals surface area contributed by atoms with Gasteiger partial charge < -0.3 is 4.74 Å². The maximum Gasteiger partial charge on any atom is 0.573 e.